The molecule has 0 saturated heterocycles. The van der Waals surface area contributed by atoms with Gasteiger partial charge in [-0.05, 0) is 63.4 Å². The van der Waals surface area contributed by atoms with E-state index >= 15 is 0 Å². The average Bonchev–Trinajstić information content (AvgIpc) is 2.70. The zero-order valence-electron chi connectivity index (χ0n) is 16.0. The van der Waals surface area contributed by atoms with Crippen LogP contribution < -0.4 is 10.1 Å². The van der Waals surface area contributed by atoms with Crippen LogP contribution in [0.3, 0.4) is 0 Å². The summed E-state index contributed by atoms with van der Waals surface area (Å²) in [6, 6.07) is 8.75. The van der Waals surface area contributed by atoms with Gasteiger partial charge in [0.25, 0.3) is 0 Å². The molecule has 1 saturated carbocycles. The Morgan fingerprint density at radius 3 is 2.46 bits per heavy atom. The summed E-state index contributed by atoms with van der Waals surface area (Å²) in [5.41, 5.74) is 0.664. The lowest BCUT2D eigenvalue weighted by molar-refractivity contribution is -0.120. The van der Waals surface area contributed by atoms with Crippen molar-refractivity contribution >= 4 is 21.4 Å². The zero-order chi connectivity index (χ0) is 20.1. The summed E-state index contributed by atoms with van der Waals surface area (Å²) in [4.78, 5) is 20.4. The number of carbonyl (C=O) groups is 1. The molecule has 1 aromatic heterocycles. The number of sulfone groups is 1. The summed E-state index contributed by atoms with van der Waals surface area (Å²) in [7, 11) is -3.64. The molecule has 1 aliphatic rings. The lowest BCUT2D eigenvalue weighted by atomic mass is 9.88. The van der Waals surface area contributed by atoms with Gasteiger partial charge < -0.3 is 10.1 Å². The summed E-state index contributed by atoms with van der Waals surface area (Å²) in [5, 5.41) is 2.08. The van der Waals surface area contributed by atoms with Crippen molar-refractivity contribution in [3.63, 3.8) is 0 Å². The first-order valence-corrected chi connectivity index (χ1v) is 11.0. The number of nitrogens with zero attached hydrogens (tertiary/aromatic N) is 2. The molecular formula is C20H25N3O4S. The highest BCUT2D eigenvalue weighted by molar-refractivity contribution is 7.91. The maximum absolute atomic E-state index is 12.8. The smallest absolute Gasteiger partial charge is 0.247 e. The van der Waals surface area contributed by atoms with Crippen LogP contribution in [0, 0.1) is 5.92 Å². The van der Waals surface area contributed by atoms with Gasteiger partial charge in [0.05, 0.1) is 11.4 Å². The maximum Gasteiger partial charge on any atom is 0.247 e. The van der Waals surface area contributed by atoms with Gasteiger partial charge in [0, 0.05) is 24.0 Å². The molecule has 7 nitrogen and oxygen atoms in total. The molecule has 1 aliphatic carbocycles. The van der Waals surface area contributed by atoms with Crippen molar-refractivity contribution in [1.29, 1.82) is 0 Å². The van der Waals surface area contributed by atoms with Crippen molar-refractivity contribution in [3.05, 3.63) is 42.7 Å². The quantitative estimate of drug-likeness (QED) is 0.744. The molecule has 2 unspecified atom stereocenters. The molecule has 0 aliphatic heterocycles. The van der Waals surface area contributed by atoms with Crippen molar-refractivity contribution in [1.82, 2.24) is 9.97 Å². The van der Waals surface area contributed by atoms with Crippen LogP contribution in [0.25, 0.3) is 0 Å². The summed E-state index contributed by atoms with van der Waals surface area (Å²) in [5.74, 6) is 0.218. The Labute approximate surface area is 165 Å². The average molecular weight is 404 g/mol. The highest BCUT2D eigenvalue weighted by Gasteiger charge is 2.37. The fourth-order valence-electron chi connectivity index (χ4n) is 3.38. The number of aromatic nitrogens is 2. The Bertz CT molecular complexity index is 899. The van der Waals surface area contributed by atoms with Crippen LogP contribution in [-0.2, 0) is 14.6 Å². The van der Waals surface area contributed by atoms with Gasteiger partial charge in [-0.15, -0.1) is 0 Å². The van der Waals surface area contributed by atoms with E-state index in [-0.39, 0.29) is 29.5 Å². The largest absolute Gasteiger partial charge is 0.491 e. The Hall–Kier alpha value is -2.48. The van der Waals surface area contributed by atoms with Crippen molar-refractivity contribution in [2.24, 2.45) is 5.92 Å². The predicted octanol–water partition coefficient (Wildman–Crippen LogP) is 3.24. The third kappa shape index (κ3) is 4.86. The van der Waals surface area contributed by atoms with E-state index in [1.807, 2.05) is 13.8 Å². The molecule has 1 fully saturated rings. The lowest BCUT2D eigenvalue weighted by Crippen LogP contribution is -2.34. The van der Waals surface area contributed by atoms with E-state index in [0.29, 0.717) is 24.9 Å². The topological polar surface area (TPSA) is 98.2 Å². The van der Waals surface area contributed by atoms with Crippen molar-refractivity contribution in [2.45, 2.75) is 56.0 Å². The van der Waals surface area contributed by atoms with E-state index in [4.69, 9.17) is 4.74 Å². The van der Waals surface area contributed by atoms with E-state index in [1.54, 1.807) is 30.3 Å². The minimum absolute atomic E-state index is 0.0788. The number of rotatable bonds is 6. The Balaban J connectivity index is 1.64. The summed E-state index contributed by atoms with van der Waals surface area (Å²) in [6.07, 6.45) is 5.05. The molecule has 1 N–H and O–H groups in total. The monoisotopic (exact) mass is 403 g/mol. The zero-order valence-corrected chi connectivity index (χ0v) is 16.9. The normalized spacial score (nSPS) is 20.0. The molecule has 8 heteroatoms. The standard InChI is InChI=1S/C20H25N3O4S/c1-14(2)27-17-9-7-16(8-10-17)23-19(24)15-5-3-6-18(13-15)28(25,26)20-21-11-4-12-22-20/h4,7-12,14-15,18H,3,5-6,13H2,1-2H3,(H,23,24). The molecule has 2 aromatic rings. The molecule has 28 heavy (non-hydrogen) atoms. The maximum atomic E-state index is 12.8. The molecule has 150 valence electrons. The number of hydrogen-bond donors (Lipinski definition) is 1. The SMILES string of the molecule is CC(C)Oc1ccc(NC(=O)C2CCCC(S(=O)(=O)c3ncccn3)C2)cc1. The number of anilines is 1. The van der Waals surface area contributed by atoms with Gasteiger partial charge in [-0.3, -0.25) is 4.79 Å². The van der Waals surface area contributed by atoms with Gasteiger partial charge in [-0.25, -0.2) is 18.4 Å². The van der Waals surface area contributed by atoms with Crippen LogP contribution in [0.15, 0.2) is 47.9 Å². The molecule has 0 radical (unpaired) electrons. The molecule has 1 heterocycles. The molecule has 0 bridgehead atoms. The minimum atomic E-state index is -3.64. The second-order valence-electron chi connectivity index (χ2n) is 7.24. The predicted molar refractivity (Wildman–Crippen MR) is 106 cm³/mol. The number of ether oxygens (including phenoxy) is 1. The number of hydrogen-bond acceptors (Lipinski definition) is 6. The van der Waals surface area contributed by atoms with Gasteiger partial charge in [0.1, 0.15) is 5.75 Å². The Morgan fingerprint density at radius 1 is 1.14 bits per heavy atom. The van der Waals surface area contributed by atoms with Crippen LogP contribution in [-0.4, -0.2) is 35.6 Å². The fourth-order valence-corrected chi connectivity index (χ4v) is 5.06. The van der Waals surface area contributed by atoms with Gasteiger partial charge in [-0.2, -0.15) is 0 Å². The summed E-state index contributed by atoms with van der Waals surface area (Å²) in [6.45, 7) is 3.90. The number of benzene rings is 1. The highest BCUT2D eigenvalue weighted by atomic mass is 32.2. The van der Waals surface area contributed by atoms with E-state index in [2.05, 4.69) is 15.3 Å². The first-order valence-electron chi connectivity index (χ1n) is 9.45. The van der Waals surface area contributed by atoms with Crippen LogP contribution in [0.2, 0.25) is 0 Å². The van der Waals surface area contributed by atoms with Gasteiger partial charge in [0.2, 0.25) is 20.9 Å². The molecule has 1 aromatic carbocycles. The van der Waals surface area contributed by atoms with Gasteiger partial charge in [0.15, 0.2) is 0 Å². The first kappa shape index (κ1) is 20.3. The molecular weight excluding hydrogens is 378 g/mol. The van der Waals surface area contributed by atoms with E-state index < -0.39 is 15.1 Å². The minimum Gasteiger partial charge on any atom is -0.491 e. The Morgan fingerprint density at radius 2 is 1.82 bits per heavy atom. The Kier molecular flexibility index (Phi) is 6.28. The van der Waals surface area contributed by atoms with Crippen molar-refractivity contribution in [3.8, 4) is 5.75 Å². The molecule has 2 atom stereocenters. The van der Waals surface area contributed by atoms with Gasteiger partial charge >= 0.3 is 0 Å². The summed E-state index contributed by atoms with van der Waals surface area (Å²) < 4.78 is 31.1. The van der Waals surface area contributed by atoms with Crippen LogP contribution in [0.1, 0.15) is 39.5 Å². The van der Waals surface area contributed by atoms with E-state index in [9.17, 15) is 13.2 Å². The van der Waals surface area contributed by atoms with Gasteiger partial charge in [-0.1, -0.05) is 6.42 Å². The second-order valence-corrected chi connectivity index (χ2v) is 9.36. The van der Waals surface area contributed by atoms with E-state index in [0.717, 1.165) is 5.75 Å². The molecule has 0 spiro atoms. The molecule has 1 amide bonds. The number of nitrogens with one attached hydrogen (secondary N) is 1. The van der Waals surface area contributed by atoms with E-state index in [1.165, 1.54) is 12.4 Å². The second kappa shape index (κ2) is 8.68. The third-order valence-electron chi connectivity index (χ3n) is 4.73. The number of carbonyl (C=O) groups excluding carboxylic acids is 1. The lowest BCUT2D eigenvalue weighted by Gasteiger charge is -2.27. The van der Waals surface area contributed by atoms with Crippen LogP contribution in [0.5, 0.6) is 5.75 Å². The third-order valence-corrected chi connectivity index (χ3v) is 6.75. The van der Waals surface area contributed by atoms with Crippen LogP contribution in [0.4, 0.5) is 5.69 Å². The van der Waals surface area contributed by atoms with Crippen molar-refractivity contribution in [2.75, 3.05) is 5.32 Å². The van der Waals surface area contributed by atoms with Crippen LogP contribution >= 0.6 is 0 Å². The van der Waals surface area contributed by atoms with Crippen molar-refractivity contribution < 1.29 is 17.9 Å². The first-order chi connectivity index (χ1) is 13.4. The summed E-state index contributed by atoms with van der Waals surface area (Å²) >= 11 is 0. The highest BCUT2D eigenvalue weighted by Crippen LogP contribution is 2.32. The molecule has 3 rings (SSSR count). The fraction of sp³-hybridized carbons (Fsp3) is 0.450. The number of amides is 1.